The van der Waals surface area contributed by atoms with E-state index >= 15 is 0 Å². The number of oxazole rings is 1. The molecule has 96 valence electrons. The normalized spacial score (nSPS) is 26.3. The highest BCUT2D eigenvalue weighted by molar-refractivity contribution is 4.95. The van der Waals surface area contributed by atoms with Gasteiger partial charge in [0.15, 0.2) is 0 Å². The molecule has 4 heteroatoms. The van der Waals surface area contributed by atoms with Crippen molar-refractivity contribution in [2.24, 2.45) is 0 Å². The third kappa shape index (κ3) is 3.07. The monoisotopic (exact) mass is 237 g/mol. The first-order valence-corrected chi connectivity index (χ1v) is 6.64. The Morgan fingerprint density at radius 2 is 2.35 bits per heavy atom. The lowest BCUT2D eigenvalue weighted by atomic mass is 10.1. The number of rotatable bonds is 4. The van der Waals surface area contributed by atoms with E-state index in [0.717, 1.165) is 37.7 Å². The Hall–Kier alpha value is -0.870. The highest BCUT2D eigenvalue weighted by Crippen LogP contribution is 2.14. The topological polar surface area (TPSA) is 41.3 Å². The predicted molar refractivity (Wildman–Crippen MR) is 67.8 cm³/mol. The van der Waals surface area contributed by atoms with E-state index in [2.05, 4.69) is 36.0 Å². The molecule has 1 aromatic rings. The molecule has 0 spiro atoms. The van der Waals surface area contributed by atoms with E-state index in [1.165, 1.54) is 6.42 Å². The lowest BCUT2D eigenvalue weighted by molar-refractivity contribution is 0.120. The van der Waals surface area contributed by atoms with Gasteiger partial charge in [-0.3, -0.25) is 4.90 Å². The first-order valence-electron chi connectivity index (χ1n) is 6.64. The van der Waals surface area contributed by atoms with Crippen LogP contribution in [0.3, 0.4) is 0 Å². The molecule has 1 aromatic heterocycles. The van der Waals surface area contributed by atoms with Crippen LogP contribution in [0.15, 0.2) is 10.6 Å². The van der Waals surface area contributed by atoms with Gasteiger partial charge < -0.3 is 9.73 Å². The van der Waals surface area contributed by atoms with Crippen molar-refractivity contribution in [1.82, 2.24) is 15.2 Å². The summed E-state index contributed by atoms with van der Waals surface area (Å²) in [7, 11) is 0. The second-order valence-electron chi connectivity index (χ2n) is 4.87. The minimum absolute atomic E-state index is 0.551. The average molecular weight is 237 g/mol. The second-order valence-corrected chi connectivity index (χ2v) is 4.87. The maximum atomic E-state index is 5.68. The van der Waals surface area contributed by atoms with Crippen molar-refractivity contribution in [2.75, 3.05) is 13.1 Å². The molecule has 2 atom stereocenters. The van der Waals surface area contributed by atoms with Crippen molar-refractivity contribution in [2.45, 2.75) is 52.2 Å². The lowest BCUT2D eigenvalue weighted by Gasteiger charge is -2.37. The molecule has 1 fully saturated rings. The highest BCUT2D eigenvalue weighted by atomic mass is 16.4. The van der Waals surface area contributed by atoms with Crippen LogP contribution in [0.25, 0.3) is 0 Å². The Labute approximate surface area is 103 Å². The molecule has 2 heterocycles. The molecule has 1 aliphatic rings. The smallest absolute Gasteiger partial charge is 0.208 e. The number of piperazine rings is 1. The van der Waals surface area contributed by atoms with Crippen LogP contribution < -0.4 is 5.32 Å². The molecule has 2 rings (SSSR count). The summed E-state index contributed by atoms with van der Waals surface area (Å²) < 4.78 is 5.68. The zero-order valence-corrected chi connectivity index (χ0v) is 11.1. The molecule has 17 heavy (non-hydrogen) atoms. The predicted octanol–water partition coefficient (Wildman–Crippen LogP) is 1.81. The fraction of sp³-hybridized carbons (Fsp3) is 0.769. The van der Waals surface area contributed by atoms with Crippen molar-refractivity contribution in [3.63, 3.8) is 0 Å². The molecule has 1 saturated heterocycles. The number of hydrogen-bond acceptors (Lipinski definition) is 4. The molecular weight excluding hydrogens is 214 g/mol. The van der Waals surface area contributed by atoms with Gasteiger partial charge in [0, 0.05) is 31.6 Å². The van der Waals surface area contributed by atoms with E-state index in [-0.39, 0.29) is 0 Å². The molecule has 0 amide bonds. The molecule has 0 bridgehead atoms. The quantitative estimate of drug-likeness (QED) is 0.867. The van der Waals surface area contributed by atoms with E-state index in [4.69, 9.17) is 4.42 Å². The van der Waals surface area contributed by atoms with E-state index in [1.54, 1.807) is 0 Å². The van der Waals surface area contributed by atoms with Gasteiger partial charge in [0.25, 0.3) is 0 Å². The Kier molecular flexibility index (Phi) is 4.18. The fourth-order valence-corrected chi connectivity index (χ4v) is 2.25. The van der Waals surface area contributed by atoms with E-state index < -0.39 is 0 Å². The van der Waals surface area contributed by atoms with Crippen LogP contribution in [0.5, 0.6) is 0 Å². The first kappa shape index (κ1) is 12.6. The van der Waals surface area contributed by atoms with Gasteiger partial charge in [-0.1, -0.05) is 13.8 Å². The Morgan fingerprint density at radius 1 is 1.53 bits per heavy atom. The van der Waals surface area contributed by atoms with Gasteiger partial charge in [-0.25, -0.2) is 4.98 Å². The molecule has 2 unspecified atom stereocenters. The van der Waals surface area contributed by atoms with Crippen molar-refractivity contribution in [1.29, 1.82) is 0 Å². The van der Waals surface area contributed by atoms with Gasteiger partial charge in [-0.2, -0.15) is 0 Å². The molecule has 0 radical (unpaired) electrons. The summed E-state index contributed by atoms with van der Waals surface area (Å²) >= 11 is 0. The molecule has 1 N–H and O–H groups in total. The van der Waals surface area contributed by atoms with Crippen LogP contribution in [0.2, 0.25) is 0 Å². The van der Waals surface area contributed by atoms with Crippen LogP contribution in [0.1, 0.15) is 38.8 Å². The number of aryl methyl sites for hydroxylation is 1. The Bertz CT molecular complexity index is 350. The van der Waals surface area contributed by atoms with Gasteiger partial charge in [0.2, 0.25) is 5.89 Å². The van der Waals surface area contributed by atoms with Gasteiger partial charge in [0.05, 0.1) is 12.7 Å². The fourth-order valence-electron chi connectivity index (χ4n) is 2.25. The zero-order valence-electron chi connectivity index (χ0n) is 11.1. The van der Waals surface area contributed by atoms with Crippen LogP contribution >= 0.6 is 0 Å². The summed E-state index contributed by atoms with van der Waals surface area (Å²) in [6, 6.07) is 1.15. The Balaban J connectivity index is 1.96. The highest BCUT2D eigenvalue weighted by Gasteiger charge is 2.24. The van der Waals surface area contributed by atoms with Crippen molar-refractivity contribution in [3.05, 3.63) is 17.8 Å². The number of aromatic nitrogens is 1. The summed E-state index contributed by atoms with van der Waals surface area (Å²) in [4.78, 5) is 6.79. The Morgan fingerprint density at radius 3 is 3.00 bits per heavy atom. The zero-order chi connectivity index (χ0) is 12.3. The van der Waals surface area contributed by atoms with Crippen LogP contribution in [0.4, 0.5) is 0 Å². The molecule has 0 aliphatic carbocycles. The van der Waals surface area contributed by atoms with Crippen LogP contribution in [-0.4, -0.2) is 35.1 Å². The summed E-state index contributed by atoms with van der Waals surface area (Å²) in [6.07, 6.45) is 3.94. The standard InChI is InChI=1S/C13H23N3O/c1-4-11-8-16(10(3)6-14-11)9-13-15-7-12(5-2)17-13/h7,10-11,14H,4-6,8-9H2,1-3H3. The average Bonchev–Trinajstić information content (AvgIpc) is 2.80. The van der Waals surface area contributed by atoms with Gasteiger partial charge >= 0.3 is 0 Å². The van der Waals surface area contributed by atoms with Gasteiger partial charge in [0.1, 0.15) is 5.76 Å². The SMILES string of the molecule is CCc1cnc(CN2CC(CC)NCC2C)o1. The minimum atomic E-state index is 0.551. The maximum Gasteiger partial charge on any atom is 0.208 e. The van der Waals surface area contributed by atoms with Gasteiger partial charge in [-0.05, 0) is 13.3 Å². The molecule has 1 aliphatic heterocycles. The summed E-state index contributed by atoms with van der Waals surface area (Å²) in [5.41, 5.74) is 0. The van der Waals surface area contributed by atoms with Crippen LogP contribution in [0, 0.1) is 0 Å². The second kappa shape index (κ2) is 5.65. The van der Waals surface area contributed by atoms with E-state index in [9.17, 15) is 0 Å². The van der Waals surface area contributed by atoms with Crippen molar-refractivity contribution in [3.8, 4) is 0 Å². The van der Waals surface area contributed by atoms with E-state index in [0.29, 0.717) is 12.1 Å². The first-order chi connectivity index (χ1) is 8.22. The molecule has 0 aromatic carbocycles. The number of hydrogen-bond donors (Lipinski definition) is 1. The lowest BCUT2D eigenvalue weighted by Crippen LogP contribution is -2.54. The summed E-state index contributed by atoms with van der Waals surface area (Å²) in [5, 5.41) is 3.56. The molecular formula is C13H23N3O. The van der Waals surface area contributed by atoms with Crippen molar-refractivity contribution < 1.29 is 4.42 Å². The largest absolute Gasteiger partial charge is 0.444 e. The third-order valence-electron chi connectivity index (χ3n) is 3.56. The molecule has 0 saturated carbocycles. The summed E-state index contributed by atoms with van der Waals surface area (Å²) in [5.74, 6) is 1.83. The van der Waals surface area contributed by atoms with Gasteiger partial charge in [-0.15, -0.1) is 0 Å². The van der Waals surface area contributed by atoms with E-state index in [1.807, 2.05) is 6.20 Å². The summed E-state index contributed by atoms with van der Waals surface area (Å²) in [6.45, 7) is 9.54. The molecule has 4 nitrogen and oxygen atoms in total. The number of nitrogens with one attached hydrogen (secondary N) is 1. The minimum Gasteiger partial charge on any atom is -0.444 e. The third-order valence-corrected chi connectivity index (χ3v) is 3.56. The number of nitrogens with zero attached hydrogens (tertiary/aromatic N) is 2. The maximum absolute atomic E-state index is 5.68. The van der Waals surface area contributed by atoms with Crippen LogP contribution in [-0.2, 0) is 13.0 Å². The van der Waals surface area contributed by atoms with Crippen molar-refractivity contribution >= 4 is 0 Å².